The van der Waals surface area contributed by atoms with Gasteiger partial charge in [-0.2, -0.15) is 5.10 Å². The maximum Gasteiger partial charge on any atom is 0.278 e. The number of halogens is 3. The zero-order valence-corrected chi connectivity index (χ0v) is 15.0. The molecule has 2 N–H and O–H groups in total. The highest BCUT2D eigenvalue weighted by Gasteiger charge is 2.13. The third-order valence-corrected chi connectivity index (χ3v) is 4.56. The average molecular weight is 450 g/mol. The van der Waals surface area contributed by atoms with Gasteiger partial charge in [-0.15, -0.1) is 0 Å². The molecule has 2 heterocycles. The van der Waals surface area contributed by atoms with Gasteiger partial charge in [0.25, 0.3) is 5.56 Å². The third kappa shape index (κ3) is 2.92. The summed E-state index contributed by atoms with van der Waals surface area (Å²) in [4.78, 5) is 19.2. The number of benzene rings is 1. The van der Waals surface area contributed by atoms with Crippen LogP contribution in [0.3, 0.4) is 0 Å². The maximum absolute atomic E-state index is 12.1. The van der Waals surface area contributed by atoms with Crippen molar-refractivity contribution in [3.63, 3.8) is 0 Å². The molecule has 3 aromatic rings. The molecule has 6 nitrogen and oxygen atoms in total. The van der Waals surface area contributed by atoms with Crippen LogP contribution >= 0.6 is 45.8 Å². The largest absolute Gasteiger partial charge is 0.352 e. The molecule has 0 atom stereocenters. The number of anilines is 1. The minimum Gasteiger partial charge on any atom is -0.352 e. The van der Waals surface area contributed by atoms with Gasteiger partial charge in [0.2, 0.25) is 5.95 Å². The molecule has 3 rings (SSSR count). The van der Waals surface area contributed by atoms with Crippen molar-refractivity contribution in [1.82, 2.24) is 19.7 Å². The molecule has 0 unspecified atom stereocenters. The van der Waals surface area contributed by atoms with Crippen molar-refractivity contribution in [1.29, 1.82) is 0 Å². The van der Waals surface area contributed by atoms with Gasteiger partial charge in [0.15, 0.2) is 5.52 Å². The van der Waals surface area contributed by atoms with E-state index in [1.807, 2.05) is 6.07 Å². The van der Waals surface area contributed by atoms with E-state index in [0.717, 1.165) is 5.56 Å². The molecule has 0 saturated carbocycles. The van der Waals surface area contributed by atoms with Crippen LogP contribution in [0.1, 0.15) is 5.56 Å². The van der Waals surface area contributed by atoms with Crippen LogP contribution in [0.4, 0.5) is 5.95 Å². The van der Waals surface area contributed by atoms with E-state index in [9.17, 15) is 4.79 Å². The second-order valence-electron chi connectivity index (χ2n) is 4.63. The van der Waals surface area contributed by atoms with Crippen LogP contribution in [0.25, 0.3) is 11.0 Å². The molecular formula is C13H10Cl2IN5O. The fourth-order valence-electron chi connectivity index (χ4n) is 2.06. The van der Waals surface area contributed by atoms with E-state index in [2.05, 4.69) is 43.0 Å². The molecule has 0 aliphatic rings. The molecule has 0 spiro atoms. The van der Waals surface area contributed by atoms with Crippen LogP contribution in [-0.2, 0) is 13.6 Å². The van der Waals surface area contributed by atoms with Crippen molar-refractivity contribution >= 4 is 62.8 Å². The monoisotopic (exact) mass is 449 g/mol. The van der Waals surface area contributed by atoms with Gasteiger partial charge in [-0.1, -0.05) is 29.3 Å². The fraction of sp³-hybridized carbons (Fsp3) is 0.154. The summed E-state index contributed by atoms with van der Waals surface area (Å²) in [5.41, 5.74) is 1.71. The Morgan fingerprint density at radius 3 is 2.86 bits per heavy atom. The van der Waals surface area contributed by atoms with E-state index in [1.165, 1.54) is 4.68 Å². The number of H-pyrrole nitrogens is 1. The Kier molecular flexibility index (Phi) is 4.28. The molecule has 0 aliphatic carbocycles. The van der Waals surface area contributed by atoms with Gasteiger partial charge in [0, 0.05) is 13.6 Å². The van der Waals surface area contributed by atoms with Crippen LogP contribution in [0.15, 0.2) is 23.0 Å². The molecule has 114 valence electrons. The Morgan fingerprint density at radius 2 is 2.14 bits per heavy atom. The SMILES string of the molecule is Cn1nc(I)c2nc(NCc3ccc(Cl)c(Cl)c3)[nH]c(=O)c21. The summed E-state index contributed by atoms with van der Waals surface area (Å²) in [6.07, 6.45) is 0. The molecule has 2 aromatic heterocycles. The summed E-state index contributed by atoms with van der Waals surface area (Å²) in [5.74, 6) is 0.384. The number of hydrogen-bond donors (Lipinski definition) is 2. The molecule has 0 amide bonds. The molecule has 1 aromatic carbocycles. The van der Waals surface area contributed by atoms with Crippen LogP contribution in [0, 0.1) is 3.70 Å². The molecule has 0 bridgehead atoms. The van der Waals surface area contributed by atoms with Crippen molar-refractivity contribution in [3.8, 4) is 0 Å². The lowest BCUT2D eigenvalue weighted by atomic mass is 10.2. The lowest BCUT2D eigenvalue weighted by Gasteiger charge is -2.06. The molecular weight excluding hydrogens is 440 g/mol. The highest BCUT2D eigenvalue weighted by atomic mass is 127. The second kappa shape index (κ2) is 6.05. The van der Waals surface area contributed by atoms with Crippen LogP contribution in [0.5, 0.6) is 0 Å². The van der Waals surface area contributed by atoms with Crippen molar-refractivity contribution < 1.29 is 0 Å². The predicted molar refractivity (Wildman–Crippen MR) is 95.6 cm³/mol. The van der Waals surface area contributed by atoms with Crippen LogP contribution in [-0.4, -0.2) is 19.7 Å². The summed E-state index contributed by atoms with van der Waals surface area (Å²) in [7, 11) is 1.71. The van der Waals surface area contributed by atoms with Crippen LogP contribution in [0.2, 0.25) is 10.0 Å². The van der Waals surface area contributed by atoms with E-state index < -0.39 is 0 Å². The summed E-state index contributed by atoms with van der Waals surface area (Å²) in [5, 5.41) is 8.25. The minimum atomic E-state index is -0.237. The third-order valence-electron chi connectivity index (χ3n) is 3.10. The molecule has 22 heavy (non-hydrogen) atoms. The van der Waals surface area contributed by atoms with E-state index >= 15 is 0 Å². The Bertz CT molecular complexity index is 921. The molecule has 0 saturated heterocycles. The molecule has 0 fully saturated rings. The van der Waals surface area contributed by atoms with Crippen molar-refractivity contribution in [3.05, 3.63) is 47.9 Å². The number of rotatable bonds is 3. The van der Waals surface area contributed by atoms with Gasteiger partial charge in [0.1, 0.15) is 9.22 Å². The predicted octanol–water partition coefficient (Wildman–Crippen LogP) is 3.18. The summed E-state index contributed by atoms with van der Waals surface area (Å²) in [6.45, 7) is 0.460. The van der Waals surface area contributed by atoms with Gasteiger partial charge in [-0.05, 0) is 40.3 Å². The number of nitrogens with one attached hydrogen (secondary N) is 2. The fourth-order valence-corrected chi connectivity index (χ4v) is 3.08. The first-order valence-corrected chi connectivity index (χ1v) is 8.09. The number of aryl methyl sites for hydroxylation is 1. The highest BCUT2D eigenvalue weighted by molar-refractivity contribution is 14.1. The van der Waals surface area contributed by atoms with Gasteiger partial charge in [-0.3, -0.25) is 14.5 Å². The molecule has 0 radical (unpaired) electrons. The quantitative estimate of drug-likeness (QED) is 0.602. The topological polar surface area (TPSA) is 75.6 Å². The smallest absolute Gasteiger partial charge is 0.278 e. The number of aromatic amines is 1. The van der Waals surface area contributed by atoms with Crippen molar-refractivity contribution in [2.24, 2.45) is 7.05 Å². The Labute approximate surface area is 149 Å². The summed E-state index contributed by atoms with van der Waals surface area (Å²) in [6, 6.07) is 5.34. The lowest BCUT2D eigenvalue weighted by Crippen LogP contribution is -2.15. The second-order valence-corrected chi connectivity index (χ2v) is 6.46. The average Bonchev–Trinajstić information content (AvgIpc) is 2.75. The Balaban J connectivity index is 1.89. The first-order valence-electron chi connectivity index (χ1n) is 6.26. The van der Waals surface area contributed by atoms with Crippen LogP contribution < -0.4 is 10.9 Å². The maximum atomic E-state index is 12.1. The Morgan fingerprint density at radius 1 is 1.36 bits per heavy atom. The van der Waals surface area contributed by atoms with Crippen molar-refractivity contribution in [2.45, 2.75) is 6.54 Å². The summed E-state index contributed by atoms with van der Waals surface area (Å²) >= 11 is 13.9. The number of nitrogens with zero attached hydrogens (tertiary/aromatic N) is 3. The zero-order chi connectivity index (χ0) is 15.9. The van der Waals surface area contributed by atoms with Crippen molar-refractivity contribution in [2.75, 3.05) is 5.32 Å². The first-order chi connectivity index (χ1) is 10.5. The Hall–Kier alpha value is -1.32. The van der Waals surface area contributed by atoms with Gasteiger partial charge >= 0.3 is 0 Å². The number of aromatic nitrogens is 4. The first kappa shape index (κ1) is 15.6. The lowest BCUT2D eigenvalue weighted by molar-refractivity contribution is 0.783. The van der Waals surface area contributed by atoms with E-state index in [4.69, 9.17) is 23.2 Å². The minimum absolute atomic E-state index is 0.237. The van der Waals surface area contributed by atoms with Gasteiger partial charge < -0.3 is 5.32 Å². The molecule has 0 aliphatic heterocycles. The standard InChI is InChI=1S/C13H10Cl2IN5O/c1-21-10-9(11(16)20-21)18-13(19-12(10)22)17-5-6-2-3-7(14)8(15)4-6/h2-4H,5H2,1H3,(H2,17,18,19,22). The van der Waals surface area contributed by atoms with Gasteiger partial charge in [-0.25, -0.2) is 4.98 Å². The normalized spacial score (nSPS) is 11.1. The van der Waals surface area contributed by atoms with E-state index in [-0.39, 0.29) is 5.56 Å². The van der Waals surface area contributed by atoms with E-state index in [0.29, 0.717) is 37.3 Å². The zero-order valence-electron chi connectivity index (χ0n) is 11.3. The highest BCUT2D eigenvalue weighted by Crippen LogP contribution is 2.23. The van der Waals surface area contributed by atoms with Gasteiger partial charge in [0.05, 0.1) is 10.0 Å². The number of hydrogen-bond acceptors (Lipinski definition) is 4. The molecule has 9 heteroatoms. The number of fused-ring (bicyclic) bond motifs is 1. The summed E-state index contributed by atoms with van der Waals surface area (Å²) < 4.78 is 2.20. The van der Waals surface area contributed by atoms with E-state index in [1.54, 1.807) is 19.2 Å².